The van der Waals surface area contributed by atoms with E-state index in [1.54, 1.807) is 18.2 Å². The fraction of sp³-hybridized carbons (Fsp3) is 0.455. The maximum atomic E-state index is 14.2. The minimum atomic E-state index is -0.535. The topological polar surface area (TPSA) is 96.6 Å². The Morgan fingerprint density at radius 3 is 2.83 bits per heavy atom. The lowest BCUT2D eigenvalue weighted by molar-refractivity contribution is -0.119. The molecule has 1 unspecified atom stereocenters. The molecule has 0 radical (unpaired) electrons. The van der Waals surface area contributed by atoms with E-state index in [0.717, 1.165) is 31.5 Å². The number of aliphatic imine (C=N–C) groups is 1. The second-order valence-corrected chi connectivity index (χ2v) is 7.91. The molecule has 0 saturated carbocycles. The highest BCUT2D eigenvalue weighted by atomic mass is 19.1. The molecule has 2 aliphatic rings. The van der Waals surface area contributed by atoms with E-state index >= 15 is 0 Å². The van der Waals surface area contributed by atoms with Crippen LogP contribution in [0.15, 0.2) is 46.1 Å². The molecule has 3 heterocycles. The number of rotatable bonds is 9. The van der Waals surface area contributed by atoms with E-state index in [9.17, 15) is 14.0 Å². The molecule has 158 valence electrons. The van der Waals surface area contributed by atoms with Crippen LogP contribution in [0.1, 0.15) is 67.0 Å². The van der Waals surface area contributed by atoms with Crippen molar-refractivity contribution in [2.75, 3.05) is 6.54 Å². The predicted octanol–water partition coefficient (Wildman–Crippen LogP) is 3.34. The molecule has 7 nitrogen and oxygen atoms in total. The number of Topliss-reactive ketones (excluding diaryl/α,β-unsaturated/α-hetero) is 1. The van der Waals surface area contributed by atoms with E-state index in [2.05, 4.69) is 20.8 Å². The van der Waals surface area contributed by atoms with Gasteiger partial charge in [0.25, 0.3) is 0 Å². The van der Waals surface area contributed by atoms with Crippen molar-refractivity contribution in [1.29, 1.82) is 0 Å². The largest absolute Gasteiger partial charge is 0.364 e. The van der Waals surface area contributed by atoms with Gasteiger partial charge >= 0.3 is 0 Å². The number of carbonyl (C=O) groups excluding carboxylic acids is 2. The van der Waals surface area contributed by atoms with Crippen LogP contribution in [-0.4, -0.2) is 34.8 Å². The molecular formula is C22H25FN4O3. The van der Waals surface area contributed by atoms with Crippen molar-refractivity contribution in [2.24, 2.45) is 4.99 Å². The van der Waals surface area contributed by atoms with Crippen LogP contribution in [0.25, 0.3) is 0 Å². The summed E-state index contributed by atoms with van der Waals surface area (Å²) in [5, 5.41) is 10.1. The zero-order valence-corrected chi connectivity index (χ0v) is 16.7. The van der Waals surface area contributed by atoms with E-state index in [0.29, 0.717) is 37.1 Å². The van der Waals surface area contributed by atoms with E-state index < -0.39 is 5.54 Å². The highest BCUT2D eigenvalue weighted by Gasteiger charge is 2.44. The average molecular weight is 412 g/mol. The van der Waals surface area contributed by atoms with Gasteiger partial charge in [-0.05, 0) is 25.3 Å². The third kappa shape index (κ3) is 4.27. The SMILES string of the molecule is O=C1CC[C@@](CCCCCC(=O)c2ccon2)(C2=NCC(c3ccccc3F)N2)N1. The standard InChI is InChI=1S/C22H25FN4O3/c23-16-7-4-3-6-15(16)18-14-24-21(25-18)22(12-9-20(29)26-22)11-5-1-2-8-19(28)17-10-13-30-27-17/h3-4,6-7,10,13,18H,1-2,5,8-9,11-12,14H2,(H,24,25)(H,26,29)/t18?,22-/m0/s1. The molecule has 1 aromatic carbocycles. The third-order valence-corrected chi connectivity index (χ3v) is 5.87. The number of carbonyl (C=O) groups is 2. The molecule has 2 N–H and O–H groups in total. The first kappa shape index (κ1) is 20.3. The van der Waals surface area contributed by atoms with Gasteiger partial charge in [-0.25, -0.2) is 4.39 Å². The molecular weight excluding hydrogens is 387 g/mol. The fourth-order valence-electron chi connectivity index (χ4n) is 4.24. The summed E-state index contributed by atoms with van der Waals surface area (Å²) < 4.78 is 18.9. The third-order valence-electron chi connectivity index (χ3n) is 5.87. The number of nitrogens with one attached hydrogen (secondary N) is 2. The number of halogens is 1. The molecule has 1 amide bonds. The summed E-state index contributed by atoms with van der Waals surface area (Å²) in [6.45, 7) is 0.445. The molecule has 0 aliphatic carbocycles. The number of aromatic nitrogens is 1. The van der Waals surface area contributed by atoms with Gasteiger partial charge in [-0.15, -0.1) is 0 Å². The summed E-state index contributed by atoms with van der Waals surface area (Å²) in [6, 6.07) is 8.03. The number of amides is 1. The maximum Gasteiger partial charge on any atom is 0.220 e. The van der Waals surface area contributed by atoms with Crippen molar-refractivity contribution in [3.63, 3.8) is 0 Å². The highest BCUT2D eigenvalue weighted by molar-refractivity contribution is 5.99. The van der Waals surface area contributed by atoms with Gasteiger partial charge in [0.1, 0.15) is 23.6 Å². The lowest BCUT2D eigenvalue weighted by atomic mass is 9.88. The van der Waals surface area contributed by atoms with E-state index in [4.69, 9.17) is 4.52 Å². The minimum absolute atomic E-state index is 0.00931. The number of hydrogen-bond acceptors (Lipinski definition) is 6. The molecule has 0 bridgehead atoms. The van der Waals surface area contributed by atoms with Crippen LogP contribution in [-0.2, 0) is 4.79 Å². The van der Waals surface area contributed by atoms with Gasteiger partial charge in [0.2, 0.25) is 5.91 Å². The van der Waals surface area contributed by atoms with Crippen molar-refractivity contribution in [1.82, 2.24) is 15.8 Å². The summed E-state index contributed by atoms with van der Waals surface area (Å²) in [5.41, 5.74) is 0.410. The van der Waals surface area contributed by atoms with Crippen molar-refractivity contribution in [2.45, 2.75) is 56.5 Å². The van der Waals surface area contributed by atoms with E-state index in [1.165, 1.54) is 12.3 Å². The average Bonchev–Trinajstić information content (AvgIpc) is 3.49. The number of benzene rings is 1. The van der Waals surface area contributed by atoms with Gasteiger partial charge < -0.3 is 15.2 Å². The smallest absolute Gasteiger partial charge is 0.220 e. The van der Waals surface area contributed by atoms with Gasteiger partial charge in [-0.1, -0.05) is 36.2 Å². The van der Waals surface area contributed by atoms with Crippen molar-refractivity contribution < 1.29 is 18.5 Å². The fourth-order valence-corrected chi connectivity index (χ4v) is 4.24. The molecule has 0 spiro atoms. The lowest BCUT2D eigenvalue weighted by Gasteiger charge is -2.30. The van der Waals surface area contributed by atoms with Gasteiger partial charge in [-0.2, -0.15) is 0 Å². The molecule has 2 aromatic rings. The molecule has 1 fully saturated rings. The second kappa shape index (κ2) is 8.77. The Morgan fingerprint density at radius 2 is 2.10 bits per heavy atom. The van der Waals surface area contributed by atoms with Crippen LogP contribution in [0.2, 0.25) is 0 Å². The Hall–Kier alpha value is -3.03. The molecule has 30 heavy (non-hydrogen) atoms. The first-order valence-corrected chi connectivity index (χ1v) is 10.4. The lowest BCUT2D eigenvalue weighted by Crippen LogP contribution is -2.53. The highest BCUT2D eigenvalue weighted by Crippen LogP contribution is 2.32. The van der Waals surface area contributed by atoms with E-state index in [-0.39, 0.29) is 23.5 Å². The van der Waals surface area contributed by atoms with Crippen LogP contribution in [0.3, 0.4) is 0 Å². The van der Waals surface area contributed by atoms with Crippen LogP contribution in [0, 0.1) is 5.82 Å². The summed E-state index contributed by atoms with van der Waals surface area (Å²) in [6.07, 6.45) is 6.10. The molecule has 1 saturated heterocycles. The van der Waals surface area contributed by atoms with Crippen LogP contribution >= 0.6 is 0 Å². The van der Waals surface area contributed by atoms with Crippen LogP contribution in [0.4, 0.5) is 4.39 Å². The molecule has 8 heteroatoms. The van der Waals surface area contributed by atoms with Gasteiger partial charge in [-0.3, -0.25) is 14.6 Å². The van der Waals surface area contributed by atoms with Gasteiger partial charge in [0, 0.05) is 24.5 Å². The van der Waals surface area contributed by atoms with Gasteiger partial charge in [0.05, 0.1) is 18.1 Å². The normalized spacial score (nSPS) is 23.2. The maximum absolute atomic E-state index is 14.2. The first-order chi connectivity index (χ1) is 14.6. The number of unbranched alkanes of at least 4 members (excludes halogenated alkanes) is 2. The number of nitrogens with zero attached hydrogens (tertiary/aromatic N) is 2. The quantitative estimate of drug-likeness (QED) is 0.486. The second-order valence-electron chi connectivity index (χ2n) is 7.91. The summed E-state index contributed by atoms with van der Waals surface area (Å²) in [5.74, 6) is 0.463. The van der Waals surface area contributed by atoms with Crippen molar-refractivity contribution in [3.8, 4) is 0 Å². The van der Waals surface area contributed by atoms with Gasteiger partial charge in [0.15, 0.2) is 5.78 Å². The number of ketones is 1. The summed E-state index contributed by atoms with van der Waals surface area (Å²) >= 11 is 0. The zero-order valence-electron chi connectivity index (χ0n) is 16.7. The molecule has 2 aliphatic heterocycles. The summed E-state index contributed by atoms with van der Waals surface area (Å²) in [4.78, 5) is 28.7. The number of amidine groups is 1. The molecule has 4 rings (SSSR count). The van der Waals surface area contributed by atoms with Crippen molar-refractivity contribution >= 4 is 17.5 Å². The van der Waals surface area contributed by atoms with Crippen LogP contribution in [0.5, 0.6) is 0 Å². The Morgan fingerprint density at radius 1 is 1.23 bits per heavy atom. The minimum Gasteiger partial charge on any atom is -0.364 e. The Balaban J connectivity index is 1.33. The van der Waals surface area contributed by atoms with Crippen molar-refractivity contribution in [3.05, 3.63) is 53.7 Å². The number of hydrogen-bond donors (Lipinski definition) is 2. The zero-order chi connectivity index (χ0) is 21.0. The Bertz CT molecular complexity index is 944. The first-order valence-electron chi connectivity index (χ1n) is 10.4. The van der Waals surface area contributed by atoms with Crippen LogP contribution < -0.4 is 10.6 Å². The molecule has 1 aromatic heterocycles. The predicted molar refractivity (Wildman–Crippen MR) is 109 cm³/mol. The summed E-state index contributed by atoms with van der Waals surface area (Å²) in [7, 11) is 0. The van der Waals surface area contributed by atoms with E-state index in [1.807, 2.05) is 6.07 Å². The Labute approximate surface area is 174 Å². The molecule has 2 atom stereocenters. The monoisotopic (exact) mass is 412 g/mol. The Kier molecular flexibility index (Phi) is 5.92.